The van der Waals surface area contributed by atoms with E-state index in [9.17, 15) is 14.4 Å². The molecule has 0 saturated carbocycles. The summed E-state index contributed by atoms with van der Waals surface area (Å²) in [6.45, 7) is 5.32. The standard InChI is InChI=1S/C34H39ClN8O4S/c1-23-7-5-8-24(19-23)20-29(44)36-28-14-13-27(38-39-28)11-3-4-12-30-40-41-34(48-30)37-33(46)32(25-9-6-10-26(35)21-25)47-31(45)22-43-17-15-42(2)16-18-43/h5-10,13-14,19,21,32H,3-4,11-12,15-18,20,22H2,1-2H3,(H,36,39,44)(H,37,41,46). The molecule has 4 aromatic rings. The van der Waals surface area contributed by atoms with Crippen LogP contribution in [0.2, 0.25) is 5.02 Å². The average Bonchev–Trinajstić information content (AvgIpc) is 3.50. The van der Waals surface area contributed by atoms with Gasteiger partial charge < -0.3 is 15.0 Å². The number of ether oxygens (including phenoxy) is 1. The van der Waals surface area contributed by atoms with Crippen molar-refractivity contribution in [2.75, 3.05) is 50.4 Å². The number of nitrogens with zero attached hydrogens (tertiary/aromatic N) is 6. The van der Waals surface area contributed by atoms with E-state index in [4.69, 9.17) is 16.3 Å². The number of hydrogen-bond donors (Lipinski definition) is 2. The van der Waals surface area contributed by atoms with E-state index in [2.05, 4.69) is 35.9 Å². The molecule has 1 saturated heterocycles. The van der Waals surface area contributed by atoms with Gasteiger partial charge in [0.15, 0.2) is 5.82 Å². The average molecular weight is 691 g/mol. The molecule has 1 aliphatic heterocycles. The van der Waals surface area contributed by atoms with Crippen molar-refractivity contribution in [3.63, 3.8) is 0 Å². The van der Waals surface area contributed by atoms with Crippen molar-refractivity contribution < 1.29 is 19.1 Å². The molecule has 48 heavy (non-hydrogen) atoms. The molecule has 0 aliphatic carbocycles. The van der Waals surface area contributed by atoms with Crippen molar-refractivity contribution in [3.05, 3.63) is 93.1 Å². The van der Waals surface area contributed by atoms with Crippen LogP contribution in [0.4, 0.5) is 10.9 Å². The number of likely N-dealkylation sites (N-methyl/N-ethyl adjacent to an activating group) is 1. The van der Waals surface area contributed by atoms with E-state index >= 15 is 0 Å². The van der Waals surface area contributed by atoms with Crippen LogP contribution in [-0.4, -0.2) is 87.7 Å². The fourth-order valence-corrected chi connectivity index (χ4v) is 6.20. The highest BCUT2D eigenvalue weighted by molar-refractivity contribution is 7.15. The molecule has 2 aromatic carbocycles. The summed E-state index contributed by atoms with van der Waals surface area (Å²) in [7, 11) is 2.04. The van der Waals surface area contributed by atoms with E-state index in [0.29, 0.717) is 34.4 Å². The fraction of sp³-hybridized carbons (Fsp3) is 0.382. The summed E-state index contributed by atoms with van der Waals surface area (Å²) < 4.78 is 5.70. The highest BCUT2D eigenvalue weighted by atomic mass is 35.5. The smallest absolute Gasteiger partial charge is 0.321 e. The summed E-state index contributed by atoms with van der Waals surface area (Å²) in [6, 6.07) is 18.2. The molecule has 3 heterocycles. The molecular formula is C34H39ClN8O4S. The molecule has 1 atom stereocenters. The van der Waals surface area contributed by atoms with Crippen LogP contribution < -0.4 is 10.6 Å². The maximum atomic E-state index is 13.4. The van der Waals surface area contributed by atoms with Gasteiger partial charge in [0.05, 0.1) is 18.7 Å². The van der Waals surface area contributed by atoms with E-state index in [0.717, 1.165) is 60.8 Å². The minimum Gasteiger partial charge on any atom is -0.446 e. The molecule has 2 aromatic heterocycles. The van der Waals surface area contributed by atoms with Gasteiger partial charge in [0.25, 0.3) is 5.91 Å². The number of carbonyl (C=O) groups excluding carboxylic acids is 3. The Labute approximate surface area is 288 Å². The van der Waals surface area contributed by atoms with Crippen molar-refractivity contribution in [2.24, 2.45) is 0 Å². The highest BCUT2D eigenvalue weighted by Gasteiger charge is 2.28. The third-order valence-electron chi connectivity index (χ3n) is 7.79. The number of aryl methyl sites for hydroxylation is 3. The number of rotatable bonds is 14. The number of carbonyl (C=O) groups is 3. The zero-order chi connectivity index (χ0) is 33.9. The second kappa shape index (κ2) is 17.2. The third-order valence-corrected chi connectivity index (χ3v) is 8.93. The topological polar surface area (TPSA) is 143 Å². The SMILES string of the molecule is Cc1cccc(CC(=O)Nc2ccc(CCCCc3nnc(NC(=O)C(OC(=O)CN4CCN(C)CC4)c4cccc(Cl)c4)s3)nn2)c1. The zero-order valence-electron chi connectivity index (χ0n) is 27.0. The van der Waals surface area contributed by atoms with Gasteiger partial charge in [-0.05, 0) is 63.1 Å². The second-order valence-corrected chi connectivity index (χ2v) is 13.3. The first-order valence-corrected chi connectivity index (χ1v) is 17.1. The first-order valence-electron chi connectivity index (χ1n) is 15.9. The number of benzene rings is 2. The summed E-state index contributed by atoms with van der Waals surface area (Å²) in [5, 5.41) is 23.8. The molecule has 0 radical (unpaired) electrons. The van der Waals surface area contributed by atoms with Crippen LogP contribution in [0.25, 0.3) is 0 Å². The number of esters is 1. The second-order valence-electron chi connectivity index (χ2n) is 11.8. The monoisotopic (exact) mass is 690 g/mol. The number of anilines is 2. The molecule has 0 spiro atoms. The molecular weight excluding hydrogens is 652 g/mol. The van der Waals surface area contributed by atoms with Gasteiger partial charge in [0.1, 0.15) is 5.01 Å². The van der Waals surface area contributed by atoms with E-state index in [1.807, 2.05) is 49.2 Å². The van der Waals surface area contributed by atoms with Gasteiger partial charge in [0, 0.05) is 43.2 Å². The third kappa shape index (κ3) is 10.9. The maximum Gasteiger partial charge on any atom is 0.321 e. The summed E-state index contributed by atoms with van der Waals surface area (Å²) >= 11 is 7.47. The van der Waals surface area contributed by atoms with E-state index in [1.54, 1.807) is 30.3 Å². The predicted molar refractivity (Wildman–Crippen MR) is 185 cm³/mol. The highest BCUT2D eigenvalue weighted by Crippen LogP contribution is 2.25. The Morgan fingerprint density at radius 2 is 1.71 bits per heavy atom. The quantitative estimate of drug-likeness (QED) is 0.143. The van der Waals surface area contributed by atoms with Crippen molar-refractivity contribution in [1.82, 2.24) is 30.2 Å². The first kappa shape index (κ1) is 35.0. The Hall–Kier alpha value is -4.30. The Morgan fingerprint density at radius 3 is 2.46 bits per heavy atom. The molecule has 1 aliphatic rings. The van der Waals surface area contributed by atoms with Gasteiger partial charge in [-0.25, -0.2) is 0 Å². The van der Waals surface area contributed by atoms with Gasteiger partial charge in [0.2, 0.25) is 17.1 Å². The van der Waals surface area contributed by atoms with Gasteiger partial charge in [-0.2, -0.15) is 5.10 Å². The molecule has 0 bridgehead atoms. The first-order chi connectivity index (χ1) is 23.2. The van der Waals surface area contributed by atoms with Crippen molar-refractivity contribution >= 4 is 51.7 Å². The lowest BCUT2D eigenvalue weighted by Crippen LogP contribution is -2.46. The minimum atomic E-state index is -1.19. The lowest BCUT2D eigenvalue weighted by molar-refractivity contribution is -0.156. The summed E-state index contributed by atoms with van der Waals surface area (Å²) in [5.41, 5.74) is 3.35. The zero-order valence-corrected chi connectivity index (χ0v) is 28.6. The van der Waals surface area contributed by atoms with Crippen molar-refractivity contribution in [2.45, 2.75) is 45.1 Å². The Morgan fingerprint density at radius 1 is 0.917 bits per heavy atom. The molecule has 252 valence electrons. The molecule has 14 heteroatoms. The minimum absolute atomic E-state index is 0.0992. The summed E-state index contributed by atoms with van der Waals surface area (Å²) in [6.07, 6.45) is 2.14. The van der Waals surface area contributed by atoms with Crippen LogP contribution in [0.15, 0.2) is 60.7 Å². The number of aromatic nitrogens is 4. The van der Waals surface area contributed by atoms with Crippen molar-refractivity contribution in [1.29, 1.82) is 0 Å². The number of nitrogens with one attached hydrogen (secondary N) is 2. The van der Waals surface area contributed by atoms with Crippen LogP contribution in [0.1, 0.15) is 46.3 Å². The van der Waals surface area contributed by atoms with Crippen LogP contribution >= 0.6 is 22.9 Å². The molecule has 12 nitrogen and oxygen atoms in total. The van der Waals surface area contributed by atoms with E-state index in [1.165, 1.54) is 11.3 Å². The normalized spacial score (nSPS) is 14.3. The lowest BCUT2D eigenvalue weighted by Gasteiger charge is -2.31. The fourth-order valence-electron chi connectivity index (χ4n) is 5.21. The molecule has 1 unspecified atom stereocenters. The molecule has 1 fully saturated rings. The van der Waals surface area contributed by atoms with Crippen LogP contribution in [0, 0.1) is 6.92 Å². The Bertz CT molecular complexity index is 1690. The van der Waals surface area contributed by atoms with Crippen LogP contribution in [0.3, 0.4) is 0 Å². The Balaban J connectivity index is 1.07. The molecule has 2 N–H and O–H groups in total. The maximum absolute atomic E-state index is 13.4. The lowest BCUT2D eigenvalue weighted by atomic mass is 10.1. The predicted octanol–water partition coefficient (Wildman–Crippen LogP) is 4.51. The van der Waals surface area contributed by atoms with Crippen molar-refractivity contribution in [3.8, 4) is 0 Å². The van der Waals surface area contributed by atoms with Gasteiger partial charge >= 0.3 is 5.97 Å². The molecule has 2 amide bonds. The summed E-state index contributed by atoms with van der Waals surface area (Å²) in [4.78, 5) is 42.8. The van der Waals surface area contributed by atoms with Gasteiger partial charge in [-0.15, -0.1) is 15.3 Å². The summed E-state index contributed by atoms with van der Waals surface area (Å²) in [5.74, 6) is -0.736. The number of amides is 2. The van der Waals surface area contributed by atoms with Gasteiger partial charge in [-0.3, -0.25) is 24.6 Å². The van der Waals surface area contributed by atoms with Crippen LogP contribution in [0.5, 0.6) is 0 Å². The van der Waals surface area contributed by atoms with E-state index in [-0.39, 0.29) is 18.9 Å². The van der Waals surface area contributed by atoms with Crippen LogP contribution in [-0.2, 0) is 38.4 Å². The largest absolute Gasteiger partial charge is 0.446 e. The van der Waals surface area contributed by atoms with E-state index < -0.39 is 18.0 Å². The number of halogens is 1. The number of piperazine rings is 1. The Kier molecular flexibility index (Phi) is 12.5. The molecule has 5 rings (SSSR count). The number of hydrogen-bond acceptors (Lipinski definition) is 11. The number of unbranched alkanes of at least 4 members (excludes halogenated alkanes) is 1. The van der Waals surface area contributed by atoms with Gasteiger partial charge in [-0.1, -0.05) is 64.9 Å².